The quantitative estimate of drug-likeness (QED) is 0.355. The summed E-state index contributed by atoms with van der Waals surface area (Å²) in [6.07, 6.45) is 0. The highest BCUT2D eigenvalue weighted by atomic mass is 32.2. The van der Waals surface area contributed by atoms with E-state index in [2.05, 4.69) is 17.2 Å². The van der Waals surface area contributed by atoms with Crippen LogP contribution in [-0.2, 0) is 4.79 Å². The minimum Gasteiger partial charge on any atom is -0.426 e. The van der Waals surface area contributed by atoms with Crippen molar-refractivity contribution in [1.82, 2.24) is 4.98 Å². The SMILES string of the molecule is CCSc1nc(-c2ccccc2)c(NC(=O)c2ccccc2OC(C)=O)s1. The van der Waals surface area contributed by atoms with Gasteiger partial charge in [-0.05, 0) is 17.9 Å². The summed E-state index contributed by atoms with van der Waals surface area (Å²) in [4.78, 5) is 28.8. The Morgan fingerprint density at radius 1 is 1.11 bits per heavy atom. The summed E-state index contributed by atoms with van der Waals surface area (Å²) < 4.78 is 6.04. The van der Waals surface area contributed by atoms with Gasteiger partial charge in [0.2, 0.25) is 0 Å². The first-order valence-corrected chi connectivity index (χ1v) is 10.2. The van der Waals surface area contributed by atoms with Crippen LogP contribution in [0.1, 0.15) is 24.2 Å². The van der Waals surface area contributed by atoms with Crippen LogP contribution in [0, 0.1) is 0 Å². The van der Waals surface area contributed by atoms with Crippen LogP contribution in [0.2, 0.25) is 0 Å². The van der Waals surface area contributed by atoms with E-state index in [-0.39, 0.29) is 11.7 Å². The van der Waals surface area contributed by atoms with Gasteiger partial charge in [-0.2, -0.15) is 0 Å². The van der Waals surface area contributed by atoms with Crippen molar-refractivity contribution < 1.29 is 14.3 Å². The van der Waals surface area contributed by atoms with Gasteiger partial charge in [0.25, 0.3) is 5.91 Å². The Morgan fingerprint density at radius 2 is 1.81 bits per heavy atom. The van der Waals surface area contributed by atoms with Crippen molar-refractivity contribution in [2.45, 2.75) is 18.2 Å². The lowest BCUT2D eigenvalue weighted by Crippen LogP contribution is -2.14. The number of amides is 1. The number of benzene rings is 2. The molecule has 138 valence electrons. The van der Waals surface area contributed by atoms with Gasteiger partial charge in [-0.1, -0.05) is 72.5 Å². The summed E-state index contributed by atoms with van der Waals surface area (Å²) >= 11 is 3.06. The number of hydrogen-bond donors (Lipinski definition) is 1. The fraction of sp³-hybridized carbons (Fsp3) is 0.150. The number of esters is 1. The predicted molar refractivity (Wildman–Crippen MR) is 110 cm³/mol. The third-order valence-corrected chi connectivity index (χ3v) is 5.53. The molecule has 0 bridgehead atoms. The summed E-state index contributed by atoms with van der Waals surface area (Å²) in [6.45, 7) is 3.36. The number of thioether (sulfide) groups is 1. The largest absolute Gasteiger partial charge is 0.426 e. The van der Waals surface area contributed by atoms with Crippen LogP contribution in [0.25, 0.3) is 11.3 Å². The molecule has 5 nitrogen and oxygen atoms in total. The Labute approximate surface area is 165 Å². The lowest BCUT2D eigenvalue weighted by molar-refractivity contribution is -0.131. The van der Waals surface area contributed by atoms with Gasteiger partial charge in [0.15, 0.2) is 4.34 Å². The number of ether oxygens (including phenoxy) is 1. The topological polar surface area (TPSA) is 68.3 Å². The van der Waals surface area contributed by atoms with E-state index < -0.39 is 5.97 Å². The number of hydrogen-bond acceptors (Lipinski definition) is 6. The van der Waals surface area contributed by atoms with Gasteiger partial charge >= 0.3 is 5.97 Å². The summed E-state index contributed by atoms with van der Waals surface area (Å²) in [5, 5.41) is 3.60. The summed E-state index contributed by atoms with van der Waals surface area (Å²) in [5.74, 6) is 0.307. The van der Waals surface area contributed by atoms with Crippen molar-refractivity contribution in [1.29, 1.82) is 0 Å². The molecule has 0 spiro atoms. The molecular formula is C20H18N2O3S2. The molecule has 2 aromatic carbocycles. The zero-order valence-corrected chi connectivity index (χ0v) is 16.5. The van der Waals surface area contributed by atoms with E-state index in [1.807, 2.05) is 30.3 Å². The lowest BCUT2D eigenvalue weighted by atomic mass is 10.1. The maximum Gasteiger partial charge on any atom is 0.308 e. The summed E-state index contributed by atoms with van der Waals surface area (Å²) in [6, 6.07) is 16.4. The number of rotatable bonds is 6. The van der Waals surface area contributed by atoms with E-state index in [4.69, 9.17) is 4.74 Å². The molecule has 3 rings (SSSR count). The maximum absolute atomic E-state index is 12.8. The predicted octanol–water partition coefficient (Wildman–Crippen LogP) is 5.10. The van der Waals surface area contributed by atoms with E-state index in [0.717, 1.165) is 21.3 Å². The molecule has 0 radical (unpaired) electrons. The lowest BCUT2D eigenvalue weighted by Gasteiger charge is -2.09. The zero-order valence-electron chi connectivity index (χ0n) is 14.9. The maximum atomic E-state index is 12.8. The first kappa shape index (κ1) is 19.1. The Hall–Kier alpha value is -2.64. The summed E-state index contributed by atoms with van der Waals surface area (Å²) in [5.41, 5.74) is 1.96. The van der Waals surface area contributed by atoms with Crippen LogP contribution in [0.5, 0.6) is 5.75 Å². The molecule has 1 N–H and O–H groups in total. The van der Waals surface area contributed by atoms with Gasteiger partial charge in [0.1, 0.15) is 16.4 Å². The van der Waals surface area contributed by atoms with Crippen molar-refractivity contribution in [2.24, 2.45) is 0 Å². The first-order chi connectivity index (χ1) is 13.1. The number of carbonyl (C=O) groups is 2. The Kier molecular flexibility index (Phi) is 6.26. The smallest absolute Gasteiger partial charge is 0.308 e. The molecule has 0 aliphatic rings. The van der Waals surface area contributed by atoms with Gasteiger partial charge < -0.3 is 10.1 Å². The van der Waals surface area contributed by atoms with Crippen LogP contribution in [0.3, 0.4) is 0 Å². The molecule has 7 heteroatoms. The molecule has 1 amide bonds. The van der Waals surface area contributed by atoms with E-state index in [9.17, 15) is 9.59 Å². The monoisotopic (exact) mass is 398 g/mol. The second kappa shape index (κ2) is 8.83. The minimum absolute atomic E-state index is 0.233. The number of para-hydroxylation sites is 1. The standard InChI is InChI=1S/C20H18N2O3S2/c1-3-26-20-21-17(14-9-5-4-6-10-14)19(27-20)22-18(24)15-11-7-8-12-16(15)25-13(2)23/h4-12H,3H2,1-2H3,(H,22,24). The molecule has 0 aliphatic carbocycles. The third-order valence-electron chi connectivity index (χ3n) is 3.54. The summed E-state index contributed by atoms with van der Waals surface area (Å²) in [7, 11) is 0. The van der Waals surface area contributed by atoms with Gasteiger partial charge in [-0.15, -0.1) is 0 Å². The van der Waals surface area contributed by atoms with E-state index in [0.29, 0.717) is 10.6 Å². The second-order valence-electron chi connectivity index (χ2n) is 5.50. The van der Waals surface area contributed by atoms with Crippen molar-refractivity contribution in [2.75, 3.05) is 11.1 Å². The van der Waals surface area contributed by atoms with Crippen molar-refractivity contribution in [3.63, 3.8) is 0 Å². The van der Waals surface area contributed by atoms with E-state index in [1.165, 1.54) is 18.3 Å². The number of carbonyl (C=O) groups excluding carboxylic acids is 2. The molecule has 0 unspecified atom stereocenters. The van der Waals surface area contributed by atoms with Crippen LogP contribution in [0.15, 0.2) is 58.9 Å². The van der Waals surface area contributed by atoms with Gasteiger partial charge in [0.05, 0.1) is 5.56 Å². The van der Waals surface area contributed by atoms with Crippen LogP contribution in [0.4, 0.5) is 5.00 Å². The highest BCUT2D eigenvalue weighted by Gasteiger charge is 2.19. The van der Waals surface area contributed by atoms with Crippen LogP contribution in [-0.4, -0.2) is 22.6 Å². The zero-order chi connectivity index (χ0) is 19.2. The highest BCUT2D eigenvalue weighted by molar-refractivity contribution is 8.01. The van der Waals surface area contributed by atoms with Gasteiger partial charge in [-0.3, -0.25) is 9.59 Å². The molecule has 0 saturated carbocycles. The van der Waals surface area contributed by atoms with Crippen LogP contribution < -0.4 is 10.1 Å². The number of thiazole rings is 1. The molecular weight excluding hydrogens is 380 g/mol. The number of aromatic nitrogens is 1. The molecule has 27 heavy (non-hydrogen) atoms. The molecule has 3 aromatic rings. The molecule has 1 heterocycles. The van der Waals surface area contributed by atoms with Crippen LogP contribution >= 0.6 is 23.1 Å². The fourth-order valence-electron chi connectivity index (χ4n) is 2.43. The van der Waals surface area contributed by atoms with E-state index >= 15 is 0 Å². The Bertz CT molecular complexity index is 955. The van der Waals surface area contributed by atoms with Crippen molar-refractivity contribution in [3.05, 3.63) is 60.2 Å². The van der Waals surface area contributed by atoms with Crippen molar-refractivity contribution >= 4 is 40.0 Å². The average Bonchev–Trinajstić information content (AvgIpc) is 3.05. The fourth-order valence-corrected chi connectivity index (χ4v) is 4.39. The Morgan fingerprint density at radius 3 is 2.52 bits per heavy atom. The average molecular weight is 399 g/mol. The van der Waals surface area contributed by atoms with Crippen molar-refractivity contribution in [3.8, 4) is 17.0 Å². The van der Waals surface area contributed by atoms with Gasteiger partial charge in [-0.25, -0.2) is 4.98 Å². The number of nitrogens with zero attached hydrogens (tertiary/aromatic N) is 1. The normalized spacial score (nSPS) is 10.4. The van der Waals surface area contributed by atoms with Gasteiger partial charge in [0, 0.05) is 12.5 Å². The molecule has 0 atom stereocenters. The second-order valence-corrected chi connectivity index (χ2v) is 8.01. The number of nitrogens with one attached hydrogen (secondary N) is 1. The molecule has 0 saturated heterocycles. The number of anilines is 1. The molecule has 0 fully saturated rings. The van der Waals surface area contributed by atoms with E-state index in [1.54, 1.807) is 36.0 Å². The minimum atomic E-state index is -0.473. The highest BCUT2D eigenvalue weighted by Crippen LogP contribution is 2.38. The first-order valence-electron chi connectivity index (χ1n) is 8.36. The third kappa shape index (κ3) is 4.75. The Balaban J connectivity index is 1.93. The molecule has 0 aliphatic heterocycles. The molecule has 1 aromatic heterocycles.